The third-order valence-electron chi connectivity index (χ3n) is 9.79. The number of aromatic amines is 1. The predicted molar refractivity (Wildman–Crippen MR) is 163 cm³/mol. The molecule has 3 aromatic heterocycles. The molecule has 2 aromatic carbocycles. The number of morpholine rings is 1. The van der Waals surface area contributed by atoms with Crippen molar-refractivity contribution in [3.8, 4) is 33.6 Å². The Balaban J connectivity index is 1.06. The molecule has 3 aliphatic rings. The highest BCUT2D eigenvalue weighted by molar-refractivity contribution is 5.93. The summed E-state index contributed by atoms with van der Waals surface area (Å²) in [4.78, 5) is 12.1. The van der Waals surface area contributed by atoms with Crippen LogP contribution in [0.3, 0.4) is 0 Å². The third kappa shape index (κ3) is 4.28. The topological polar surface area (TPSA) is 66.9 Å². The highest BCUT2D eigenvalue weighted by Crippen LogP contribution is 2.38. The Morgan fingerprint density at radius 3 is 2.34 bits per heavy atom. The minimum atomic E-state index is 0.650. The number of rotatable bonds is 4. The van der Waals surface area contributed by atoms with Gasteiger partial charge >= 0.3 is 0 Å². The summed E-state index contributed by atoms with van der Waals surface area (Å²) in [5, 5.41) is 8.81. The van der Waals surface area contributed by atoms with Crippen LogP contribution < -0.4 is 0 Å². The summed E-state index contributed by atoms with van der Waals surface area (Å²) >= 11 is 0. The van der Waals surface area contributed by atoms with Crippen LogP contribution in [0.4, 0.5) is 0 Å². The van der Waals surface area contributed by atoms with E-state index in [1.54, 1.807) is 0 Å². The van der Waals surface area contributed by atoms with Crippen molar-refractivity contribution < 1.29 is 4.74 Å². The molecule has 6 heteroatoms. The Morgan fingerprint density at radius 1 is 0.780 bits per heavy atom. The zero-order valence-corrected chi connectivity index (χ0v) is 23.7. The van der Waals surface area contributed by atoms with Gasteiger partial charge in [0.25, 0.3) is 0 Å². The van der Waals surface area contributed by atoms with Crippen molar-refractivity contribution in [3.05, 3.63) is 89.2 Å². The van der Waals surface area contributed by atoms with Crippen LogP contribution in [0.2, 0.25) is 0 Å². The Labute approximate surface area is 240 Å². The molecule has 1 N–H and O–H groups in total. The maximum Gasteiger partial charge on any atom is 0.181 e. The summed E-state index contributed by atoms with van der Waals surface area (Å²) in [7, 11) is 0. The number of nitrogens with one attached hydrogen (secondary N) is 1. The lowest BCUT2D eigenvalue weighted by Crippen LogP contribution is -2.66. The number of hydrogen-bond donors (Lipinski definition) is 1. The molecule has 0 radical (unpaired) electrons. The van der Waals surface area contributed by atoms with Gasteiger partial charge in [-0.05, 0) is 85.9 Å². The van der Waals surface area contributed by atoms with Gasteiger partial charge in [0.2, 0.25) is 0 Å². The van der Waals surface area contributed by atoms with Crippen LogP contribution in [-0.4, -0.2) is 56.4 Å². The normalized spacial score (nSPS) is 22.2. The fourth-order valence-corrected chi connectivity index (χ4v) is 7.33. The summed E-state index contributed by atoms with van der Waals surface area (Å²) < 4.78 is 5.75. The van der Waals surface area contributed by atoms with Crippen molar-refractivity contribution in [2.24, 2.45) is 0 Å². The monoisotopic (exact) mass is 541 g/mol. The van der Waals surface area contributed by atoms with E-state index >= 15 is 0 Å². The van der Waals surface area contributed by atoms with E-state index in [0.717, 1.165) is 65.2 Å². The summed E-state index contributed by atoms with van der Waals surface area (Å²) in [5.74, 6) is 0. The van der Waals surface area contributed by atoms with Crippen molar-refractivity contribution in [2.45, 2.75) is 64.1 Å². The summed E-state index contributed by atoms with van der Waals surface area (Å²) in [5.41, 5.74) is 12.8. The summed E-state index contributed by atoms with van der Waals surface area (Å²) in [6.45, 7) is 6.10. The molecule has 5 aromatic rings. The smallest absolute Gasteiger partial charge is 0.181 e. The van der Waals surface area contributed by atoms with Crippen molar-refractivity contribution in [1.82, 2.24) is 25.1 Å². The molecule has 41 heavy (non-hydrogen) atoms. The van der Waals surface area contributed by atoms with Gasteiger partial charge in [-0.15, -0.1) is 0 Å². The number of nitrogens with zero attached hydrogens (tertiary/aromatic N) is 4. The number of pyridine rings is 2. The molecule has 2 unspecified atom stereocenters. The second kappa shape index (κ2) is 9.89. The molecule has 2 bridgehead atoms. The maximum atomic E-state index is 5.75. The Bertz CT molecular complexity index is 1740. The molecule has 8 rings (SSSR count). The first-order chi connectivity index (χ1) is 20.1. The summed E-state index contributed by atoms with van der Waals surface area (Å²) in [6.07, 6.45) is 9.96. The van der Waals surface area contributed by atoms with E-state index in [9.17, 15) is 0 Å². The second-order valence-electron chi connectivity index (χ2n) is 12.1. The molecule has 206 valence electrons. The second-order valence-corrected chi connectivity index (χ2v) is 12.1. The van der Waals surface area contributed by atoms with E-state index in [1.165, 1.54) is 47.1 Å². The zero-order valence-electron chi connectivity index (χ0n) is 23.7. The molecule has 6 nitrogen and oxygen atoms in total. The average molecular weight is 542 g/mol. The van der Waals surface area contributed by atoms with E-state index in [1.807, 2.05) is 12.4 Å². The van der Waals surface area contributed by atoms with Crippen LogP contribution >= 0.6 is 0 Å². The minimum Gasteiger partial charge on any atom is -0.378 e. The maximum absolute atomic E-state index is 5.75. The van der Waals surface area contributed by atoms with E-state index < -0.39 is 0 Å². The van der Waals surface area contributed by atoms with Crippen LogP contribution in [0.5, 0.6) is 0 Å². The highest BCUT2D eigenvalue weighted by atomic mass is 16.5. The van der Waals surface area contributed by atoms with Gasteiger partial charge in [0.05, 0.1) is 24.6 Å². The van der Waals surface area contributed by atoms with Crippen LogP contribution in [0.1, 0.15) is 41.5 Å². The van der Waals surface area contributed by atoms with Gasteiger partial charge in [0.1, 0.15) is 0 Å². The molecular formula is C35H35N5O. The standard InChI is InChI=1S/C35H35N5O/c1-21-13-14-36-33(22(21)2)24-4-6-25(7-5-24)34-32-16-28(18-37-35(32)39-38-34)27-8-3-23-9-11-29(12-10-26(23)15-27)40-30-17-31(40)20-41-19-30/h3-8,13-16,18,29-31H,9-12,17,19-20H2,1-2H3,(H,37,38,39)/t29-,30?,31?/m0/s1. The van der Waals surface area contributed by atoms with Crippen LogP contribution in [0.15, 0.2) is 67.0 Å². The highest BCUT2D eigenvalue weighted by Gasteiger charge is 2.45. The number of fused-ring (bicyclic) bond motifs is 4. The van der Waals surface area contributed by atoms with E-state index in [0.29, 0.717) is 18.1 Å². The molecule has 2 aliphatic heterocycles. The molecule has 2 fully saturated rings. The third-order valence-corrected chi connectivity index (χ3v) is 9.79. The number of benzene rings is 2. The van der Waals surface area contributed by atoms with Crippen molar-refractivity contribution in [2.75, 3.05) is 13.2 Å². The lowest BCUT2D eigenvalue weighted by Gasteiger charge is -2.56. The van der Waals surface area contributed by atoms with Crippen molar-refractivity contribution in [3.63, 3.8) is 0 Å². The molecule has 2 saturated heterocycles. The quantitative estimate of drug-likeness (QED) is 0.257. The fraction of sp³-hybridized carbons (Fsp3) is 0.343. The number of aromatic nitrogens is 4. The van der Waals surface area contributed by atoms with Gasteiger partial charge in [-0.2, -0.15) is 5.10 Å². The number of H-pyrrole nitrogens is 1. The Kier molecular flexibility index (Phi) is 6.01. The van der Waals surface area contributed by atoms with Crippen LogP contribution in [0.25, 0.3) is 44.7 Å². The van der Waals surface area contributed by atoms with Crippen LogP contribution in [-0.2, 0) is 17.6 Å². The van der Waals surface area contributed by atoms with E-state index in [-0.39, 0.29) is 0 Å². The zero-order chi connectivity index (χ0) is 27.5. The summed E-state index contributed by atoms with van der Waals surface area (Å²) in [6, 6.07) is 21.9. The average Bonchev–Trinajstić information content (AvgIpc) is 3.33. The van der Waals surface area contributed by atoms with E-state index in [4.69, 9.17) is 9.72 Å². The molecular weight excluding hydrogens is 506 g/mol. The molecule has 0 spiro atoms. The lowest BCUT2D eigenvalue weighted by molar-refractivity contribution is -0.148. The van der Waals surface area contributed by atoms with Gasteiger partial charge in [-0.25, -0.2) is 4.98 Å². The Morgan fingerprint density at radius 2 is 1.54 bits per heavy atom. The van der Waals surface area contributed by atoms with Gasteiger partial charge < -0.3 is 4.74 Å². The molecule has 1 aliphatic carbocycles. The van der Waals surface area contributed by atoms with Gasteiger partial charge in [0.15, 0.2) is 5.65 Å². The molecule has 0 amide bonds. The number of ether oxygens (including phenoxy) is 1. The fourth-order valence-electron chi connectivity index (χ4n) is 7.33. The SMILES string of the molecule is Cc1ccnc(-c2ccc(-c3[nH]nc4ncc(-c5ccc6c(c5)CC[C@@H](N5C7COCC5C7)CC6)cc34)cc2)c1C. The van der Waals surface area contributed by atoms with Gasteiger partial charge in [0, 0.05) is 52.6 Å². The van der Waals surface area contributed by atoms with Gasteiger partial charge in [-0.1, -0.05) is 42.5 Å². The molecule has 3 atom stereocenters. The first-order valence-electron chi connectivity index (χ1n) is 15.0. The van der Waals surface area contributed by atoms with Crippen molar-refractivity contribution >= 4 is 11.0 Å². The van der Waals surface area contributed by atoms with Crippen molar-refractivity contribution in [1.29, 1.82) is 0 Å². The Hall–Kier alpha value is -3.87. The molecule has 0 saturated carbocycles. The first-order valence-corrected chi connectivity index (χ1v) is 15.0. The number of hydrogen-bond acceptors (Lipinski definition) is 5. The number of aryl methyl sites for hydroxylation is 3. The van der Waals surface area contributed by atoms with Crippen LogP contribution in [0, 0.1) is 13.8 Å². The molecule has 5 heterocycles. The van der Waals surface area contributed by atoms with Gasteiger partial charge in [-0.3, -0.25) is 15.0 Å². The minimum absolute atomic E-state index is 0.650. The lowest BCUT2D eigenvalue weighted by atomic mass is 9.87. The van der Waals surface area contributed by atoms with E-state index in [2.05, 4.69) is 88.5 Å². The first kappa shape index (κ1) is 24.9. The largest absolute Gasteiger partial charge is 0.378 e. The predicted octanol–water partition coefficient (Wildman–Crippen LogP) is 6.69.